The van der Waals surface area contributed by atoms with Crippen molar-refractivity contribution in [1.82, 2.24) is 30.5 Å². The third kappa shape index (κ3) is 7.03. The molecule has 1 amide bonds. The Balaban J connectivity index is 1.40. The maximum absolute atomic E-state index is 13.1. The number of carbonyl (C=O) groups excluding carboxylic acids is 1. The summed E-state index contributed by atoms with van der Waals surface area (Å²) in [5, 5.41) is 7.62. The molecule has 0 spiro atoms. The van der Waals surface area contributed by atoms with E-state index in [4.69, 9.17) is 4.84 Å². The van der Waals surface area contributed by atoms with Crippen LogP contribution in [-0.4, -0.2) is 76.3 Å². The van der Waals surface area contributed by atoms with Crippen LogP contribution in [0.3, 0.4) is 0 Å². The number of aromatic amines is 1. The Bertz CT molecular complexity index is 1080. The van der Waals surface area contributed by atoms with Crippen LogP contribution in [0.2, 0.25) is 0 Å². The van der Waals surface area contributed by atoms with Gasteiger partial charge >= 0.3 is 12.4 Å². The molecule has 3 N–H and O–H groups in total. The van der Waals surface area contributed by atoms with E-state index in [2.05, 4.69) is 25.9 Å². The summed E-state index contributed by atoms with van der Waals surface area (Å²) in [6, 6.07) is -0.628. The number of hydrogen-bond acceptors (Lipinski definition) is 9. The van der Waals surface area contributed by atoms with Crippen molar-refractivity contribution in [2.45, 2.75) is 25.3 Å². The van der Waals surface area contributed by atoms with Gasteiger partial charge in [-0.15, -0.1) is 0 Å². The molecule has 2 aromatic rings. The fourth-order valence-corrected chi connectivity index (χ4v) is 3.28. The van der Waals surface area contributed by atoms with Crippen molar-refractivity contribution in [2.24, 2.45) is 0 Å². The molecule has 1 fully saturated rings. The van der Waals surface area contributed by atoms with Gasteiger partial charge in [0.05, 0.1) is 17.4 Å². The van der Waals surface area contributed by atoms with Gasteiger partial charge in [-0.3, -0.25) is 14.4 Å². The SMILES string of the molecule is CC(CNOCC(=O)N1CCN(c2ncc(C(F)(F)F)cn2)CC1)Nc1cn[nH]c(=O)c1C(F)(F)F. The summed E-state index contributed by atoms with van der Waals surface area (Å²) < 4.78 is 77.2. The van der Waals surface area contributed by atoms with Gasteiger partial charge in [-0.05, 0) is 6.92 Å². The highest BCUT2D eigenvalue weighted by atomic mass is 19.4. The summed E-state index contributed by atoms with van der Waals surface area (Å²) in [5.41, 5.74) is -1.75. The first-order valence-electron chi connectivity index (χ1n) is 10.5. The standard InChI is InChI=1S/C19H22F6N8O3/c1-11(30-13-9-28-31-16(35)15(13)19(23,24)25)6-29-36-10-14(34)32-2-4-33(5-3-32)17-26-7-12(8-27-17)18(20,21)22/h7-9,11,29H,2-6,10H2,1H3,(H2,30,31,35). The van der Waals surface area contributed by atoms with Crippen LogP contribution in [0.4, 0.5) is 38.0 Å². The van der Waals surface area contributed by atoms with Crippen LogP contribution in [0.1, 0.15) is 18.1 Å². The second-order valence-corrected chi connectivity index (χ2v) is 7.81. The number of nitrogens with one attached hydrogen (secondary N) is 3. The maximum Gasteiger partial charge on any atom is 0.423 e. The third-order valence-electron chi connectivity index (χ3n) is 5.11. The van der Waals surface area contributed by atoms with E-state index in [1.807, 2.05) is 0 Å². The van der Waals surface area contributed by atoms with Crippen molar-refractivity contribution in [3.63, 3.8) is 0 Å². The molecule has 1 aliphatic heterocycles. The van der Waals surface area contributed by atoms with Gasteiger partial charge in [0.15, 0.2) is 0 Å². The fraction of sp³-hybridized carbons (Fsp3) is 0.526. The van der Waals surface area contributed by atoms with E-state index in [-0.39, 0.29) is 38.1 Å². The number of rotatable bonds is 8. The van der Waals surface area contributed by atoms with Gasteiger partial charge in [0.1, 0.15) is 12.2 Å². The van der Waals surface area contributed by atoms with E-state index >= 15 is 0 Å². The van der Waals surface area contributed by atoms with E-state index in [0.29, 0.717) is 25.5 Å². The fourth-order valence-electron chi connectivity index (χ4n) is 3.28. The van der Waals surface area contributed by atoms with Crippen LogP contribution < -0.4 is 21.3 Å². The molecule has 17 heteroatoms. The molecular weight excluding hydrogens is 502 g/mol. The molecule has 0 aliphatic carbocycles. The molecule has 3 heterocycles. The molecule has 1 atom stereocenters. The van der Waals surface area contributed by atoms with Gasteiger partial charge in [0, 0.05) is 51.2 Å². The second kappa shape index (κ2) is 11.1. The number of hydrogen-bond donors (Lipinski definition) is 3. The average Bonchev–Trinajstić information content (AvgIpc) is 2.80. The topological polar surface area (TPSA) is 128 Å². The number of anilines is 2. The number of aromatic nitrogens is 4. The van der Waals surface area contributed by atoms with Gasteiger partial charge in [-0.2, -0.15) is 36.9 Å². The van der Waals surface area contributed by atoms with E-state index < -0.39 is 40.8 Å². The van der Waals surface area contributed by atoms with Gasteiger partial charge < -0.3 is 15.1 Å². The van der Waals surface area contributed by atoms with Crippen molar-refractivity contribution in [3.05, 3.63) is 40.1 Å². The Labute approximate surface area is 199 Å². The molecule has 3 rings (SSSR count). The molecule has 36 heavy (non-hydrogen) atoms. The number of amides is 1. The average molecular weight is 524 g/mol. The van der Waals surface area contributed by atoms with E-state index in [9.17, 15) is 35.9 Å². The Morgan fingerprint density at radius 2 is 1.72 bits per heavy atom. The van der Waals surface area contributed by atoms with E-state index in [0.717, 1.165) is 6.20 Å². The van der Waals surface area contributed by atoms with E-state index in [1.165, 1.54) is 11.8 Å². The molecular formula is C19H22F6N8O3. The second-order valence-electron chi connectivity index (χ2n) is 7.81. The summed E-state index contributed by atoms with van der Waals surface area (Å²) >= 11 is 0. The summed E-state index contributed by atoms with van der Waals surface area (Å²) in [6.07, 6.45) is -7.16. The van der Waals surface area contributed by atoms with Crippen molar-refractivity contribution >= 4 is 17.5 Å². The lowest BCUT2D eigenvalue weighted by molar-refractivity contribution is -0.140. The zero-order chi connectivity index (χ0) is 26.5. The number of carbonyl (C=O) groups is 1. The van der Waals surface area contributed by atoms with Crippen LogP contribution in [0.25, 0.3) is 0 Å². The number of alkyl halides is 6. The first kappa shape index (κ1) is 27.1. The highest BCUT2D eigenvalue weighted by Crippen LogP contribution is 2.31. The van der Waals surface area contributed by atoms with Crippen molar-refractivity contribution in [3.8, 4) is 0 Å². The largest absolute Gasteiger partial charge is 0.423 e. The maximum atomic E-state index is 13.1. The van der Waals surface area contributed by atoms with Crippen molar-refractivity contribution < 1.29 is 36.0 Å². The van der Waals surface area contributed by atoms with Gasteiger partial charge in [-0.25, -0.2) is 15.1 Å². The Morgan fingerprint density at radius 1 is 1.08 bits per heavy atom. The number of H-pyrrole nitrogens is 1. The predicted octanol–water partition coefficient (Wildman–Crippen LogP) is 1.27. The first-order chi connectivity index (χ1) is 16.9. The Hall–Kier alpha value is -3.47. The van der Waals surface area contributed by atoms with Crippen LogP contribution in [0, 0.1) is 0 Å². The molecule has 1 saturated heterocycles. The van der Waals surface area contributed by atoms with Crippen LogP contribution in [0.15, 0.2) is 23.4 Å². The summed E-state index contributed by atoms with van der Waals surface area (Å²) in [7, 11) is 0. The van der Waals surface area contributed by atoms with Gasteiger partial charge in [0.2, 0.25) is 5.95 Å². The Kier molecular flexibility index (Phi) is 8.34. The number of piperazine rings is 1. The smallest absolute Gasteiger partial charge is 0.379 e. The summed E-state index contributed by atoms with van der Waals surface area (Å²) in [6.45, 7) is 2.30. The minimum atomic E-state index is -4.88. The van der Waals surface area contributed by atoms with E-state index in [1.54, 1.807) is 10.00 Å². The van der Waals surface area contributed by atoms with Gasteiger partial charge in [0.25, 0.3) is 11.5 Å². The molecule has 198 valence electrons. The molecule has 0 bridgehead atoms. The molecule has 0 saturated carbocycles. The lowest BCUT2D eigenvalue weighted by Gasteiger charge is -2.34. The zero-order valence-electron chi connectivity index (χ0n) is 18.8. The van der Waals surface area contributed by atoms with Crippen LogP contribution in [-0.2, 0) is 22.0 Å². The minimum absolute atomic E-state index is 0.00356. The quantitative estimate of drug-likeness (QED) is 0.266. The van der Waals surface area contributed by atoms with Crippen LogP contribution >= 0.6 is 0 Å². The lowest BCUT2D eigenvalue weighted by Crippen LogP contribution is -2.50. The van der Waals surface area contributed by atoms with Gasteiger partial charge in [-0.1, -0.05) is 0 Å². The molecule has 1 unspecified atom stereocenters. The normalized spacial score (nSPS) is 15.6. The monoisotopic (exact) mass is 524 g/mol. The van der Waals surface area contributed by atoms with Crippen LogP contribution in [0.5, 0.6) is 0 Å². The minimum Gasteiger partial charge on any atom is -0.379 e. The highest BCUT2D eigenvalue weighted by molar-refractivity contribution is 5.77. The van der Waals surface area contributed by atoms with Crippen molar-refractivity contribution in [2.75, 3.05) is 49.5 Å². The molecule has 0 radical (unpaired) electrons. The first-order valence-corrected chi connectivity index (χ1v) is 10.5. The summed E-state index contributed by atoms with van der Waals surface area (Å²) in [4.78, 5) is 39.5. The number of halogens is 6. The number of nitrogens with zero attached hydrogens (tertiary/aromatic N) is 5. The molecule has 11 nitrogen and oxygen atoms in total. The Morgan fingerprint density at radius 3 is 2.31 bits per heavy atom. The molecule has 0 aromatic carbocycles. The summed E-state index contributed by atoms with van der Waals surface area (Å²) in [5.74, 6) is -0.243. The number of hydroxylamine groups is 1. The lowest BCUT2D eigenvalue weighted by atomic mass is 10.2. The third-order valence-corrected chi connectivity index (χ3v) is 5.11. The zero-order valence-corrected chi connectivity index (χ0v) is 18.8. The predicted molar refractivity (Wildman–Crippen MR) is 113 cm³/mol. The highest BCUT2D eigenvalue weighted by Gasteiger charge is 2.37. The van der Waals surface area contributed by atoms with Crippen molar-refractivity contribution in [1.29, 1.82) is 0 Å². The molecule has 1 aliphatic rings. The molecule has 2 aromatic heterocycles.